The normalized spacial score (nSPS) is 12.7. The monoisotopic (exact) mass is 272 g/mol. The van der Waals surface area contributed by atoms with Crippen LogP contribution in [0.5, 0.6) is 5.75 Å². The molecule has 0 aliphatic rings. The molecule has 18 heavy (non-hydrogen) atoms. The van der Waals surface area contributed by atoms with Crippen LogP contribution in [-0.2, 0) is 18.8 Å². The van der Waals surface area contributed by atoms with Crippen LogP contribution in [0.4, 0.5) is 26.3 Å². The average Bonchev–Trinajstić information content (AvgIpc) is 2.24. The van der Waals surface area contributed by atoms with Crippen molar-refractivity contribution >= 4 is 0 Å². The quantitative estimate of drug-likeness (QED) is 0.729. The molecule has 102 valence electrons. The Hall–Kier alpha value is -1.40. The van der Waals surface area contributed by atoms with Gasteiger partial charge in [0.2, 0.25) is 0 Å². The molecular formula is C11H10F6O. The summed E-state index contributed by atoms with van der Waals surface area (Å²) in [7, 11) is 0.907. The number of hydrogen-bond acceptors (Lipinski definition) is 1. The third kappa shape index (κ3) is 2.88. The number of aryl methyl sites for hydroxylation is 1. The van der Waals surface area contributed by atoms with Crippen LogP contribution in [0.2, 0.25) is 0 Å². The Labute approximate surface area is 99.4 Å². The van der Waals surface area contributed by atoms with E-state index in [0.29, 0.717) is 12.1 Å². The minimum absolute atomic E-state index is 0.172. The van der Waals surface area contributed by atoms with Gasteiger partial charge < -0.3 is 4.74 Å². The van der Waals surface area contributed by atoms with Gasteiger partial charge in [-0.05, 0) is 24.1 Å². The summed E-state index contributed by atoms with van der Waals surface area (Å²) >= 11 is 0. The molecule has 0 amide bonds. The standard InChI is InChI=1S/C11H10F6O/c1-3-6-4-7(10(12,13)14)5-8(18-2)9(6)11(15,16)17/h4-5H,3H2,1-2H3. The predicted molar refractivity (Wildman–Crippen MR) is 52.4 cm³/mol. The zero-order valence-electron chi connectivity index (χ0n) is 9.54. The molecule has 0 bridgehead atoms. The highest BCUT2D eigenvalue weighted by atomic mass is 19.4. The Bertz CT molecular complexity index is 407. The molecule has 1 nitrogen and oxygen atoms in total. The molecule has 0 radical (unpaired) electrons. The smallest absolute Gasteiger partial charge is 0.420 e. The van der Waals surface area contributed by atoms with Gasteiger partial charge in [0.05, 0.1) is 12.7 Å². The maximum Gasteiger partial charge on any atom is 0.420 e. The van der Waals surface area contributed by atoms with E-state index < -0.39 is 34.8 Å². The highest BCUT2D eigenvalue weighted by Gasteiger charge is 2.40. The van der Waals surface area contributed by atoms with Gasteiger partial charge in [0, 0.05) is 0 Å². The summed E-state index contributed by atoms with van der Waals surface area (Å²) in [4.78, 5) is 0. The maximum atomic E-state index is 12.7. The SMILES string of the molecule is CCc1cc(C(F)(F)F)cc(OC)c1C(F)(F)F. The van der Waals surface area contributed by atoms with Crippen molar-refractivity contribution in [1.82, 2.24) is 0 Å². The second-order valence-electron chi connectivity index (χ2n) is 3.56. The lowest BCUT2D eigenvalue weighted by molar-refractivity contribution is -0.142. The number of alkyl halides is 6. The van der Waals surface area contributed by atoms with E-state index in [4.69, 9.17) is 0 Å². The molecule has 7 heteroatoms. The Morgan fingerprint density at radius 2 is 1.56 bits per heavy atom. The lowest BCUT2D eigenvalue weighted by atomic mass is 9.99. The lowest BCUT2D eigenvalue weighted by Gasteiger charge is -2.18. The van der Waals surface area contributed by atoms with Gasteiger partial charge in [-0.1, -0.05) is 6.92 Å². The number of rotatable bonds is 2. The summed E-state index contributed by atoms with van der Waals surface area (Å²) in [6.45, 7) is 1.35. The molecular weight excluding hydrogens is 262 g/mol. The van der Waals surface area contributed by atoms with Crippen LogP contribution in [0.15, 0.2) is 12.1 Å². The van der Waals surface area contributed by atoms with Crippen LogP contribution in [0.3, 0.4) is 0 Å². The van der Waals surface area contributed by atoms with Gasteiger partial charge in [-0.2, -0.15) is 26.3 Å². The highest BCUT2D eigenvalue weighted by Crippen LogP contribution is 2.42. The van der Waals surface area contributed by atoms with Crippen LogP contribution in [-0.4, -0.2) is 7.11 Å². The minimum atomic E-state index is -4.75. The average molecular weight is 272 g/mol. The Kier molecular flexibility index (Phi) is 3.83. The van der Waals surface area contributed by atoms with Crippen molar-refractivity contribution in [2.24, 2.45) is 0 Å². The molecule has 1 aromatic rings. The van der Waals surface area contributed by atoms with E-state index in [9.17, 15) is 26.3 Å². The fraction of sp³-hybridized carbons (Fsp3) is 0.455. The molecule has 0 N–H and O–H groups in total. The number of methoxy groups -OCH3 is 1. The minimum Gasteiger partial charge on any atom is -0.496 e. The van der Waals surface area contributed by atoms with Crippen LogP contribution >= 0.6 is 0 Å². The van der Waals surface area contributed by atoms with Crippen molar-refractivity contribution in [3.05, 3.63) is 28.8 Å². The first kappa shape index (κ1) is 14.7. The molecule has 0 spiro atoms. The van der Waals surface area contributed by atoms with E-state index in [0.717, 1.165) is 7.11 Å². The molecule has 0 aliphatic heterocycles. The summed E-state index contributed by atoms with van der Waals surface area (Å²) in [6, 6.07) is 0.868. The molecule has 0 aromatic heterocycles. The molecule has 0 fully saturated rings. The molecule has 0 atom stereocenters. The second-order valence-corrected chi connectivity index (χ2v) is 3.56. The maximum absolute atomic E-state index is 12.7. The molecule has 0 aliphatic carbocycles. The highest BCUT2D eigenvalue weighted by molar-refractivity contribution is 5.46. The zero-order chi connectivity index (χ0) is 14.1. The van der Waals surface area contributed by atoms with E-state index in [-0.39, 0.29) is 6.42 Å². The van der Waals surface area contributed by atoms with Crippen LogP contribution < -0.4 is 4.74 Å². The fourth-order valence-electron chi connectivity index (χ4n) is 1.60. The first-order valence-corrected chi connectivity index (χ1v) is 4.96. The third-order valence-electron chi connectivity index (χ3n) is 2.40. The summed E-state index contributed by atoms with van der Waals surface area (Å²) < 4.78 is 80.2. The number of ether oxygens (including phenoxy) is 1. The molecule has 1 rings (SSSR count). The first-order valence-electron chi connectivity index (χ1n) is 4.96. The van der Waals surface area contributed by atoms with E-state index >= 15 is 0 Å². The van der Waals surface area contributed by atoms with Gasteiger partial charge in [0.1, 0.15) is 11.3 Å². The summed E-state index contributed by atoms with van der Waals surface area (Å²) in [5.74, 6) is -0.811. The number of halogens is 6. The molecule has 1 aromatic carbocycles. The van der Waals surface area contributed by atoms with Crippen molar-refractivity contribution in [3.8, 4) is 5.75 Å². The number of hydrogen-bond donors (Lipinski definition) is 0. The van der Waals surface area contributed by atoms with Crippen molar-refractivity contribution in [2.75, 3.05) is 7.11 Å². The van der Waals surface area contributed by atoms with Gasteiger partial charge in [0.15, 0.2) is 0 Å². The van der Waals surface area contributed by atoms with E-state index in [1.54, 1.807) is 0 Å². The van der Waals surface area contributed by atoms with Crippen molar-refractivity contribution in [1.29, 1.82) is 0 Å². The van der Waals surface area contributed by atoms with Crippen LogP contribution in [0.25, 0.3) is 0 Å². The zero-order valence-corrected chi connectivity index (χ0v) is 9.54. The second kappa shape index (κ2) is 4.70. The third-order valence-corrected chi connectivity index (χ3v) is 2.40. The van der Waals surface area contributed by atoms with Crippen molar-refractivity contribution in [3.63, 3.8) is 0 Å². The number of benzene rings is 1. The fourth-order valence-corrected chi connectivity index (χ4v) is 1.60. The molecule has 0 unspecified atom stereocenters. The summed E-state index contributed by atoms with van der Waals surface area (Å²) in [6.07, 6.45) is -9.63. The van der Waals surface area contributed by atoms with Gasteiger partial charge in [-0.25, -0.2) is 0 Å². The molecule has 0 saturated carbocycles. The molecule has 0 saturated heterocycles. The first-order chi connectivity index (χ1) is 8.11. The Morgan fingerprint density at radius 3 is 1.89 bits per heavy atom. The predicted octanol–water partition coefficient (Wildman–Crippen LogP) is 4.30. The van der Waals surface area contributed by atoms with E-state index in [1.165, 1.54) is 6.92 Å². The Balaban J connectivity index is 3.55. The largest absolute Gasteiger partial charge is 0.496 e. The van der Waals surface area contributed by atoms with E-state index in [2.05, 4.69) is 4.74 Å². The van der Waals surface area contributed by atoms with Crippen molar-refractivity contribution in [2.45, 2.75) is 25.7 Å². The van der Waals surface area contributed by atoms with Gasteiger partial charge in [-0.15, -0.1) is 0 Å². The summed E-state index contributed by atoms with van der Waals surface area (Å²) in [5.41, 5.74) is -2.74. The topological polar surface area (TPSA) is 9.23 Å². The summed E-state index contributed by atoms with van der Waals surface area (Å²) in [5, 5.41) is 0. The van der Waals surface area contributed by atoms with Crippen LogP contribution in [0.1, 0.15) is 23.6 Å². The van der Waals surface area contributed by atoms with E-state index in [1.807, 2.05) is 0 Å². The van der Waals surface area contributed by atoms with Gasteiger partial charge in [0.25, 0.3) is 0 Å². The van der Waals surface area contributed by atoms with Gasteiger partial charge >= 0.3 is 12.4 Å². The molecule has 0 heterocycles. The Morgan fingerprint density at radius 1 is 1.00 bits per heavy atom. The lowest BCUT2D eigenvalue weighted by Crippen LogP contribution is -2.14. The van der Waals surface area contributed by atoms with Crippen molar-refractivity contribution < 1.29 is 31.1 Å². The van der Waals surface area contributed by atoms with Crippen LogP contribution in [0, 0.1) is 0 Å². The van der Waals surface area contributed by atoms with Gasteiger partial charge in [-0.3, -0.25) is 0 Å².